The van der Waals surface area contributed by atoms with Gasteiger partial charge in [0, 0.05) is 5.69 Å². The Morgan fingerprint density at radius 1 is 1.25 bits per heavy atom. The normalized spacial score (nSPS) is 10.2. The highest BCUT2D eigenvalue weighted by molar-refractivity contribution is 7.13. The van der Waals surface area contributed by atoms with Crippen molar-refractivity contribution in [2.45, 2.75) is 6.92 Å². The molecule has 2 aromatic heterocycles. The van der Waals surface area contributed by atoms with Crippen molar-refractivity contribution in [3.05, 3.63) is 52.9 Å². The maximum absolute atomic E-state index is 9.36. The smallest absolute Gasteiger partial charge is 0.170 e. The van der Waals surface area contributed by atoms with Gasteiger partial charge < -0.3 is 5.32 Å². The average Bonchev–Trinajstić information content (AvgIpc) is 3.10. The third-order valence-electron chi connectivity index (χ3n) is 2.96. The Labute approximate surface area is 120 Å². The summed E-state index contributed by atoms with van der Waals surface area (Å²) >= 11 is 1.58. The third kappa shape index (κ3) is 2.29. The highest BCUT2D eigenvalue weighted by Crippen LogP contribution is 2.30. The first-order valence-electron chi connectivity index (χ1n) is 6.14. The lowest BCUT2D eigenvalue weighted by Gasteiger charge is -2.03. The second-order valence-corrected chi connectivity index (χ2v) is 5.35. The molecule has 5 heteroatoms. The van der Waals surface area contributed by atoms with Gasteiger partial charge in [-0.1, -0.05) is 23.8 Å². The molecule has 3 rings (SSSR count). The van der Waals surface area contributed by atoms with Crippen molar-refractivity contribution in [1.82, 2.24) is 10.2 Å². The van der Waals surface area contributed by atoms with Gasteiger partial charge >= 0.3 is 0 Å². The van der Waals surface area contributed by atoms with E-state index in [1.54, 1.807) is 11.3 Å². The van der Waals surface area contributed by atoms with E-state index in [1.807, 2.05) is 48.7 Å². The fourth-order valence-corrected chi connectivity index (χ4v) is 2.64. The first-order valence-corrected chi connectivity index (χ1v) is 7.02. The van der Waals surface area contributed by atoms with Gasteiger partial charge in [-0.25, -0.2) is 0 Å². The Kier molecular flexibility index (Phi) is 3.23. The van der Waals surface area contributed by atoms with Crippen LogP contribution in [0.4, 0.5) is 11.5 Å². The predicted octanol–water partition coefficient (Wildman–Crippen LogP) is 4.06. The Balaban J connectivity index is 1.95. The van der Waals surface area contributed by atoms with Crippen molar-refractivity contribution in [1.29, 1.82) is 5.26 Å². The van der Waals surface area contributed by atoms with Gasteiger partial charge in [-0.05, 0) is 30.5 Å². The van der Waals surface area contributed by atoms with Crippen LogP contribution in [-0.4, -0.2) is 10.2 Å². The lowest BCUT2D eigenvalue weighted by molar-refractivity contribution is 1.10. The summed E-state index contributed by atoms with van der Waals surface area (Å²) < 4.78 is 0. The topological polar surface area (TPSA) is 64.5 Å². The molecule has 0 saturated heterocycles. The number of benzene rings is 1. The van der Waals surface area contributed by atoms with Crippen LogP contribution in [0.3, 0.4) is 0 Å². The van der Waals surface area contributed by atoms with E-state index in [0.29, 0.717) is 11.4 Å². The van der Waals surface area contributed by atoms with Gasteiger partial charge in [0.2, 0.25) is 0 Å². The molecule has 2 heterocycles. The molecular formula is C15H12N4S. The Hall–Kier alpha value is -2.58. The van der Waals surface area contributed by atoms with Crippen LogP contribution in [0.25, 0.3) is 10.6 Å². The summed E-state index contributed by atoms with van der Waals surface area (Å²) in [6, 6.07) is 14.1. The first-order chi connectivity index (χ1) is 9.78. The largest absolute Gasteiger partial charge is 0.338 e. The standard InChI is InChI=1S/C15H12N4S/c1-10-4-6-11(7-5-10)17-15-12(9-16)14(18-19-15)13-3-2-8-20-13/h2-8H,1H3,(H2,17,18,19). The number of nitriles is 1. The van der Waals surface area contributed by atoms with Crippen LogP contribution < -0.4 is 5.32 Å². The van der Waals surface area contributed by atoms with Crippen LogP contribution in [-0.2, 0) is 0 Å². The van der Waals surface area contributed by atoms with Gasteiger partial charge in [0.25, 0.3) is 0 Å². The van der Waals surface area contributed by atoms with Gasteiger partial charge in [0.1, 0.15) is 11.6 Å². The predicted molar refractivity (Wildman–Crippen MR) is 81.1 cm³/mol. The van der Waals surface area contributed by atoms with Crippen molar-refractivity contribution >= 4 is 22.8 Å². The molecule has 0 aliphatic rings. The van der Waals surface area contributed by atoms with Crippen molar-refractivity contribution in [2.75, 3.05) is 5.32 Å². The van der Waals surface area contributed by atoms with Crippen LogP contribution in [0, 0.1) is 18.3 Å². The average molecular weight is 280 g/mol. The number of anilines is 2. The van der Waals surface area contributed by atoms with Gasteiger partial charge in [-0.3, -0.25) is 5.10 Å². The molecule has 20 heavy (non-hydrogen) atoms. The van der Waals surface area contributed by atoms with Crippen LogP contribution >= 0.6 is 11.3 Å². The highest BCUT2D eigenvalue weighted by atomic mass is 32.1. The number of H-pyrrole nitrogens is 1. The van der Waals surface area contributed by atoms with Crippen molar-refractivity contribution in [2.24, 2.45) is 0 Å². The van der Waals surface area contributed by atoms with Crippen molar-refractivity contribution in [3.8, 4) is 16.6 Å². The minimum Gasteiger partial charge on any atom is -0.338 e. The molecule has 0 aliphatic heterocycles. The van der Waals surface area contributed by atoms with E-state index < -0.39 is 0 Å². The number of thiophene rings is 1. The molecule has 0 bridgehead atoms. The summed E-state index contributed by atoms with van der Waals surface area (Å²) in [7, 11) is 0. The quantitative estimate of drug-likeness (QED) is 0.760. The molecule has 0 saturated carbocycles. The molecule has 1 aromatic carbocycles. The molecule has 2 N–H and O–H groups in total. The number of aryl methyl sites for hydroxylation is 1. The fourth-order valence-electron chi connectivity index (χ4n) is 1.91. The van der Waals surface area contributed by atoms with Gasteiger partial charge in [0.15, 0.2) is 5.82 Å². The molecule has 0 unspecified atom stereocenters. The van der Waals surface area contributed by atoms with Crippen LogP contribution in [0.2, 0.25) is 0 Å². The number of aromatic amines is 1. The maximum atomic E-state index is 9.36. The summed E-state index contributed by atoms with van der Waals surface area (Å²) in [6.07, 6.45) is 0. The SMILES string of the molecule is Cc1ccc(Nc2n[nH]c(-c3cccs3)c2C#N)cc1. The summed E-state index contributed by atoms with van der Waals surface area (Å²) in [6.45, 7) is 2.04. The van der Waals surface area contributed by atoms with E-state index >= 15 is 0 Å². The number of hydrogen-bond acceptors (Lipinski definition) is 4. The molecule has 0 amide bonds. The van der Waals surface area contributed by atoms with E-state index in [2.05, 4.69) is 21.6 Å². The zero-order valence-electron chi connectivity index (χ0n) is 10.8. The number of aromatic nitrogens is 2. The summed E-state index contributed by atoms with van der Waals surface area (Å²) in [4.78, 5) is 1.01. The van der Waals surface area contributed by atoms with Gasteiger partial charge in [-0.15, -0.1) is 11.3 Å². The molecule has 0 spiro atoms. The zero-order chi connectivity index (χ0) is 13.9. The van der Waals surface area contributed by atoms with E-state index in [-0.39, 0.29) is 0 Å². The maximum Gasteiger partial charge on any atom is 0.170 e. The van der Waals surface area contributed by atoms with Crippen molar-refractivity contribution < 1.29 is 0 Å². The number of hydrogen-bond donors (Lipinski definition) is 2. The van der Waals surface area contributed by atoms with Gasteiger partial charge in [0.05, 0.1) is 10.6 Å². The fraction of sp³-hybridized carbons (Fsp3) is 0.0667. The van der Waals surface area contributed by atoms with E-state index in [0.717, 1.165) is 16.3 Å². The van der Waals surface area contributed by atoms with Crippen LogP contribution in [0.1, 0.15) is 11.1 Å². The highest BCUT2D eigenvalue weighted by Gasteiger charge is 2.15. The lowest BCUT2D eigenvalue weighted by Crippen LogP contribution is -1.92. The second kappa shape index (κ2) is 5.19. The number of nitrogens with zero attached hydrogens (tertiary/aromatic N) is 2. The Morgan fingerprint density at radius 3 is 2.70 bits per heavy atom. The van der Waals surface area contributed by atoms with E-state index in [9.17, 15) is 5.26 Å². The zero-order valence-corrected chi connectivity index (χ0v) is 11.7. The van der Waals surface area contributed by atoms with Crippen LogP contribution in [0.15, 0.2) is 41.8 Å². The molecule has 98 valence electrons. The minimum absolute atomic E-state index is 0.535. The van der Waals surface area contributed by atoms with Crippen LogP contribution in [0.5, 0.6) is 0 Å². The summed E-state index contributed by atoms with van der Waals surface area (Å²) in [5, 5.41) is 21.7. The Morgan fingerprint density at radius 2 is 2.05 bits per heavy atom. The lowest BCUT2D eigenvalue weighted by atomic mass is 10.2. The van der Waals surface area contributed by atoms with E-state index in [1.165, 1.54) is 5.56 Å². The number of nitrogens with one attached hydrogen (secondary N) is 2. The summed E-state index contributed by atoms with van der Waals surface area (Å²) in [5.74, 6) is 0.555. The third-order valence-corrected chi connectivity index (χ3v) is 3.85. The molecule has 3 aromatic rings. The molecular weight excluding hydrogens is 268 g/mol. The number of rotatable bonds is 3. The molecule has 4 nitrogen and oxygen atoms in total. The molecule has 0 aliphatic carbocycles. The first kappa shape index (κ1) is 12.5. The second-order valence-electron chi connectivity index (χ2n) is 4.40. The molecule has 0 radical (unpaired) electrons. The van der Waals surface area contributed by atoms with Gasteiger partial charge in [-0.2, -0.15) is 10.4 Å². The molecule has 0 fully saturated rings. The summed E-state index contributed by atoms with van der Waals surface area (Å²) in [5.41, 5.74) is 3.40. The molecule has 0 atom stereocenters. The van der Waals surface area contributed by atoms with E-state index in [4.69, 9.17) is 0 Å². The minimum atomic E-state index is 0.535. The Bertz CT molecular complexity index is 748. The monoisotopic (exact) mass is 280 g/mol. The van der Waals surface area contributed by atoms with Crippen molar-refractivity contribution in [3.63, 3.8) is 0 Å².